The number of methoxy groups -OCH3 is 1. The molecule has 3 aromatic rings. The minimum atomic E-state index is -0.00559. The maximum atomic E-state index is 13.0. The minimum absolute atomic E-state index is 0.00559. The summed E-state index contributed by atoms with van der Waals surface area (Å²) < 4.78 is 7.91. The second-order valence-electron chi connectivity index (χ2n) is 10.6. The van der Waals surface area contributed by atoms with Gasteiger partial charge in [-0.3, -0.25) is 9.69 Å². The lowest BCUT2D eigenvalue weighted by atomic mass is 10.2. The molecule has 1 saturated carbocycles. The van der Waals surface area contributed by atoms with Crippen LogP contribution in [0.2, 0.25) is 0 Å². The van der Waals surface area contributed by atoms with Gasteiger partial charge in [0, 0.05) is 75.7 Å². The standard InChI is InChI=1S/C28H39N7O2/c1-19(2)33-12-14-34(15-13-33)23-11-10-21(17-25(23)37-5)30-28-29-18-20-16-24(27(36)32(3)4)35(26(20)31-28)22-8-6-7-9-22/h10-11,16-19,22H,6-9,12-15H2,1-5H3,(H,29,30,31). The number of benzene rings is 1. The second-order valence-corrected chi connectivity index (χ2v) is 10.6. The molecule has 198 valence electrons. The highest BCUT2D eigenvalue weighted by molar-refractivity contribution is 5.98. The van der Waals surface area contributed by atoms with Crippen molar-refractivity contribution in [3.63, 3.8) is 0 Å². The predicted octanol–water partition coefficient (Wildman–Crippen LogP) is 4.53. The number of ether oxygens (including phenoxy) is 1. The van der Waals surface area contributed by atoms with Crippen molar-refractivity contribution < 1.29 is 9.53 Å². The number of piperazine rings is 1. The van der Waals surface area contributed by atoms with E-state index in [-0.39, 0.29) is 11.9 Å². The number of rotatable bonds is 7. The Morgan fingerprint density at radius 1 is 1.11 bits per heavy atom. The number of carbonyl (C=O) groups is 1. The van der Waals surface area contributed by atoms with Crippen molar-refractivity contribution in [2.24, 2.45) is 0 Å². The van der Waals surface area contributed by atoms with Gasteiger partial charge in [-0.15, -0.1) is 0 Å². The molecule has 0 unspecified atom stereocenters. The molecule has 0 bridgehead atoms. The first-order chi connectivity index (χ1) is 17.9. The number of anilines is 3. The monoisotopic (exact) mass is 505 g/mol. The molecule has 1 aliphatic heterocycles. The zero-order valence-corrected chi connectivity index (χ0v) is 22.7. The van der Waals surface area contributed by atoms with Crippen LogP contribution in [0.5, 0.6) is 5.75 Å². The van der Waals surface area contributed by atoms with Crippen LogP contribution in [0.4, 0.5) is 17.3 Å². The Hall–Kier alpha value is -3.33. The smallest absolute Gasteiger partial charge is 0.270 e. The van der Waals surface area contributed by atoms with E-state index in [2.05, 4.69) is 50.6 Å². The van der Waals surface area contributed by atoms with E-state index in [1.165, 1.54) is 12.8 Å². The van der Waals surface area contributed by atoms with E-state index in [9.17, 15) is 4.79 Å². The number of carbonyl (C=O) groups excluding carboxylic acids is 1. The summed E-state index contributed by atoms with van der Waals surface area (Å²) in [6.07, 6.45) is 6.29. The van der Waals surface area contributed by atoms with E-state index in [1.807, 2.05) is 18.3 Å². The molecule has 9 nitrogen and oxygen atoms in total. The van der Waals surface area contributed by atoms with Gasteiger partial charge >= 0.3 is 0 Å². The summed E-state index contributed by atoms with van der Waals surface area (Å²) in [7, 11) is 5.30. The second kappa shape index (κ2) is 10.6. The van der Waals surface area contributed by atoms with Crippen LogP contribution in [0.15, 0.2) is 30.5 Å². The molecular formula is C28H39N7O2. The summed E-state index contributed by atoms with van der Waals surface area (Å²) in [5, 5.41) is 4.25. The van der Waals surface area contributed by atoms with Crippen molar-refractivity contribution in [2.75, 3.05) is 57.6 Å². The highest BCUT2D eigenvalue weighted by atomic mass is 16.5. The van der Waals surface area contributed by atoms with Gasteiger partial charge in [-0.1, -0.05) is 12.8 Å². The zero-order valence-electron chi connectivity index (χ0n) is 22.7. The van der Waals surface area contributed by atoms with Crippen LogP contribution in [-0.2, 0) is 0 Å². The first-order valence-corrected chi connectivity index (χ1v) is 13.4. The Morgan fingerprint density at radius 2 is 1.84 bits per heavy atom. The molecule has 1 aromatic carbocycles. The highest BCUT2D eigenvalue weighted by Gasteiger charge is 2.27. The van der Waals surface area contributed by atoms with Gasteiger partial charge in [0.25, 0.3) is 5.91 Å². The van der Waals surface area contributed by atoms with Gasteiger partial charge < -0.3 is 24.4 Å². The van der Waals surface area contributed by atoms with Crippen molar-refractivity contribution in [2.45, 2.75) is 51.6 Å². The molecule has 2 fully saturated rings. The van der Waals surface area contributed by atoms with Gasteiger partial charge in [0.1, 0.15) is 17.1 Å². The van der Waals surface area contributed by atoms with E-state index < -0.39 is 0 Å². The Kier molecular flexibility index (Phi) is 7.24. The van der Waals surface area contributed by atoms with Crippen LogP contribution in [0.3, 0.4) is 0 Å². The van der Waals surface area contributed by atoms with Crippen molar-refractivity contribution >= 4 is 34.3 Å². The molecule has 1 amide bonds. The number of amides is 1. The van der Waals surface area contributed by atoms with Crippen molar-refractivity contribution in [3.8, 4) is 5.75 Å². The Labute approximate surface area is 219 Å². The fraction of sp³-hybridized carbons (Fsp3) is 0.536. The molecule has 5 rings (SSSR count). The molecular weight excluding hydrogens is 466 g/mol. The number of nitrogens with one attached hydrogen (secondary N) is 1. The first-order valence-electron chi connectivity index (χ1n) is 13.4. The number of aromatic nitrogens is 3. The van der Waals surface area contributed by atoms with Gasteiger partial charge in [0.15, 0.2) is 0 Å². The maximum Gasteiger partial charge on any atom is 0.270 e. The first kappa shape index (κ1) is 25.3. The fourth-order valence-electron chi connectivity index (χ4n) is 5.62. The SMILES string of the molecule is COc1cc(Nc2ncc3cc(C(=O)N(C)C)n(C4CCCC4)c3n2)ccc1N1CCN(C(C)C)CC1. The molecule has 1 N–H and O–H groups in total. The van der Waals surface area contributed by atoms with Gasteiger partial charge in [0.05, 0.1) is 12.8 Å². The van der Waals surface area contributed by atoms with E-state index in [0.29, 0.717) is 17.7 Å². The van der Waals surface area contributed by atoms with Gasteiger partial charge in [0.2, 0.25) is 5.95 Å². The van der Waals surface area contributed by atoms with Crippen molar-refractivity contribution in [3.05, 3.63) is 36.2 Å². The van der Waals surface area contributed by atoms with Crippen LogP contribution in [-0.4, -0.2) is 83.7 Å². The van der Waals surface area contributed by atoms with Crippen LogP contribution in [0.25, 0.3) is 11.0 Å². The van der Waals surface area contributed by atoms with E-state index >= 15 is 0 Å². The van der Waals surface area contributed by atoms with Crippen LogP contribution in [0.1, 0.15) is 56.1 Å². The van der Waals surface area contributed by atoms with Gasteiger partial charge in [-0.2, -0.15) is 4.98 Å². The van der Waals surface area contributed by atoms with Crippen LogP contribution < -0.4 is 15.0 Å². The third-order valence-electron chi connectivity index (χ3n) is 7.71. The fourth-order valence-corrected chi connectivity index (χ4v) is 5.62. The normalized spacial score (nSPS) is 17.1. The molecule has 0 atom stereocenters. The molecule has 0 radical (unpaired) electrons. The number of hydrogen-bond donors (Lipinski definition) is 1. The molecule has 2 aliphatic rings. The summed E-state index contributed by atoms with van der Waals surface area (Å²) >= 11 is 0. The molecule has 2 aromatic heterocycles. The lowest BCUT2D eigenvalue weighted by molar-refractivity contribution is 0.0815. The summed E-state index contributed by atoms with van der Waals surface area (Å²) in [5.74, 6) is 1.33. The predicted molar refractivity (Wildman–Crippen MR) is 148 cm³/mol. The maximum absolute atomic E-state index is 13.0. The Balaban J connectivity index is 1.41. The van der Waals surface area contributed by atoms with E-state index in [0.717, 1.165) is 67.2 Å². The number of fused-ring (bicyclic) bond motifs is 1. The summed E-state index contributed by atoms with van der Waals surface area (Å²) in [4.78, 5) is 28.9. The summed E-state index contributed by atoms with van der Waals surface area (Å²) in [6.45, 7) is 8.56. The summed E-state index contributed by atoms with van der Waals surface area (Å²) in [5.41, 5.74) is 3.46. The number of nitrogens with zero attached hydrogens (tertiary/aromatic N) is 6. The summed E-state index contributed by atoms with van der Waals surface area (Å²) in [6, 6.07) is 8.96. The average molecular weight is 506 g/mol. The minimum Gasteiger partial charge on any atom is -0.495 e. The van der Waals surface area contributed by atoms with E-state index in [4.69, 9.17) is 9.72 Å². The molecule has 3 heterocycles. The lowest BCUT2D eigenvalue weighted by Crippen LogP contribution is -2.49. The molecule has 37 heavy (non-hydrogen) atoms. The Morgan fingerprint density at radius 3 is 2.49 bits per heavy atom. The zero-order chi connectivity index (χ0) is 26.1. The van der Waals surface area contributed by atoms with Crippen LogP contribution >= 0.6 is 0 Å². The van der Waals surface area contributed by atoms with Crippen molar-refractivity contribution in [1.29, 1.82) is 0 Å². The third-order valence-corrected chi connectivity index (χ3v) is 7.71. The van der Waals surface area contributed by atoms with Crippen LogP contribution in [0, 0.1) is 0 Å². The third kappa shape index (κ3) is 5.09. The van der Waals surface area contributed by atoms with Gasteiger partial charge in [-0.05, 0) is 44.9 Å². The number of hydrogen-bond acceptors (Lipinski definition) is 7. The van der Waals surface area contributed by atoms with E-state index in [1.54, 1.807) is 26.1 Å². The molecule has 1 aliphatic carbocycles. The molecule has 0 spiro atoms. The topological polar surface area (TPSA) is 78.8 Å². The Bertz CT molecular complexity index is 1250. The average Bonchev–Trinajstić information content (AvgIpc) is 3.55. The lowest BCUT2D eigenvalue weighted by Gasteiger charge is -2.38. The highest BCUT2D eigenvalue weighted by Crippen LogP contribution is 2.36. The molecule has 9 heteroatoms. The quantitative estimate of drug-likeness (QED) is 0.505. The molecule has 1 saturated heterocycles. The largest absolute Gasteiger partial charge is 0.495 e. The van der Waals surface area contributed by atoms with Gasteiger partial charge in [-0.25, -0.2) is 4.98 Å². The van der Waals surface area contributed by atoms with Crippen molar-refractivity contribution in [1.82, 2.24) is 24.3 Å².